The zero-order valence-electron chi connectivity index (χ0n) is 18.7. The molecule has 0 spiro atoms. The van der Waals surface area contributed by atoms with Crippen molar-refractivity contribution in [3.63, 3.8) is 0 Å². The first-order chi connectivity index (χ1) is 16.9. The Balaban J connectivity index is 1.57. The summed E-state index contributed by atoms with van der Waals surface area (Å²) >= 11 is 6.16. The molecular formula is C26H20ClFN4O3. The number of aromatic nitrogens is 3. The third-order valence-corrected chi connectivity index (χ3v) is 6.02. The molecule has 176 valence electrons. The van der Waals surface area contributed by atoms with Gasteiger partial charge in [0.15, 0.2) is 0 Å². The Morgan fingerprint density at radius 1 is 1.11 bits per heavy atom. The van der Waals surface area contributed by atoms with Gasteiger partial charge in [-0.2, -0.15) is 0 Å². The number of nitrogens with zero attached hydrogens (tertiary/aromatic N) is 3. The molecule has 3 aromatic carbocycles. The molecule has 7 nitrogen and oxygen atoms in total. The van der Waals surface area contributed by atoms with Crippen LogP contribution in [0.4, 0.5) is 10.1 Å². The van der Waals surface area contributed by atoms with Crippen molar-refractivity contribution in [1.82, 2.24) is 14.1 Å². The van der Waals surface area contributed by atoms with Gasteiger partial charge in [0.25, 0.3) is 5.56 Å². The Bertz CT molecular complexity index is 1630. The maximum absolute atomic E-state index is 14.1. The van der Waals surface area contributed by atoms with E-state index in [1.54, 1.807) is 28.8 Å². The summed E-state index contributed by atoms with van der Waals surface area (Å²) < 4.78 is 22.3. The summed E-state index contributed by atoms with van der Waals surface area (Å²) in [7, 11) is 1.50. The predicted molar refractivity (Wildman–Crippen MR) is 134 cm³/mol. The zero-order valence-corrected chi connectivity index (χ0v) is 19.4. The third-order valence-electron chi connectivity index (χ3n) is 5.72. The van der Waals surface area contributed by atoms with Crippen LogP contribution in [-0.2, 0) is 17.9 Å². The fourth-order valence-electron chi connectivity index (χ4n) is 4.12. The van der Waals surface area contributed by atoms with Crippen LogP contribution in [0.25, 0.3) is 21.9 Å². The van der Waals surface area contributed by atoms with Crippen LogP contribution in [0.2, 0.25) is 5.02 Å². The van der Waals surface area contributed by atoms with Gasteiger partial charge in [-0.25, -0.2) is 9.37 Å². The van der Waals surface area contributed by atoms with Gasteiger partial charge in [0.05, 0.1) is 30.5 Å². The van der Waals surface area contributed by atoms with Crippen LogP contribution < -0.4 is 15.6 Å². The number of anilines is 1. The van der Waals surface area contributed by atoms with Gasteiger partial charge in [-0.05, 0) is 42.0 Å². The normalized spacial score (nSPS) is 11.2. The number of benzene rings is 3. The van der Waals surface area contributed by atoms with Gasteiger partial charge in [-0.1, -0.05) is 41.9 Å². The summed E-state index contributed by atoms with van der Waals surface area (Å²) in [6.07, 6.45) is 1.45. The van der Waals surface area contributed by atoms with E-state index in [0.717, 1.165) is 5.56 Å². The minimum Gasteiger partial charge on any atom is -0.495 e. The van der Waals surface area contributed by atoms with Crippen molar-refractivity contribution in [1.29, 1.82) is 0 Å². The molecule has 0 aliphatic rings. The van der Waals surface area contributed by atoms with Crippen LogP contribution in [0.5, 0.6) is 5.75 Å². The molecule has 0 radical (unpaired) electrons. The van der Waals surface area contributed by atoms with E-state index >= 15 is 0 Å². The van der Waals surface area contributed by atoms with Gasteiger partial charge in [0, 0.05) is 11.1 Å². The van der Waals surface area contributed by atoms with Gasteiger partial charge in [0.1, 0.15) is 29.1 Å². The average Bonchev–Trinajstić information content (AvgIpc) is 3.14. The van der Waals surface area contributed by atoms with E-state index < -0.39 is 5.82 Å². The van der Waals surface area contributed by atoms with E-state index in [4.69, 9.17) is 16.3 Å². The minimum atomic E-state index is -0.454. The van der Waals surface area contributed by atoms with E-state index in [0.29, 0.717) is 39.4 Å². The number of hydrogen-bond donors (Lipinski definition) is 1. The smallest absolute Gasteiger partial charge is 0.278 e. The fraction of sp³-hybridized carbons (Fsp3) is 0.115. The van der Waals surface area contributed by atoms with E-state index in [1.165, 1.54) is 30.1 Å². The van der Waals surface area contributed by atoms with Crippen molar-refractivity contribution in [3.8, 4) is 5.75 Å². The number of carbonyl (C=O) groups is 1. The second kappa shape index (κ2) is 9.23. The molecule has 0 saturated heterocycles. The quantitative estimate of drug-likeness (QED) is 0.369. The highest BCUT2D eigenvalue weighted by molar-refractivity contribution is 6.32. The van der Waals surface area contributed by atoms with Gasteiger partial charge in [-0.3, -0.25) is 14.2 Å². The number of hydrogen-bond acceptors (Lipinski definition) is 4. The van der Waals surface area contributed by atoms with Gasteiger partial charge < -0.3 is 14.6 Å². The Morgan fingerprint density at radius 3 is 2.66 bits per heavy atom. The molecule has 0 bridgehead atoms. The number of amides is 1. The molecule has 5 aromatic rings. The molecule has 5 rings (SSSR count). The number of carbonyl (C=O) groups excluding carboxylic acids is 1. The summed E-state index contributed by atoms with van der Waals surface area (Å²) in [4.78, 5) is 30.9. The van der Waals surface area contributed by atoms with Crippen molar-refractivity contribution in [2.75, 3.05) is 12.4 Å². The zero-order chi connectivity index (χ0) is 24.5. The predicted octanol–water partition coefficient (Wildman–Crippen LogP) is 4.84. The molecule has 2 heterocycles. The lowest BCUT2D eigenvalue weighted by molar-refractivity contribution is -0.116. The Morgan fingerprint density at radius 2 is 1.91 bits per heavy atom. The van der Waals surface area contributed by atoms with Crippen molar-refractivity contribution >= 4 is 45.1 Å². The first-order valence-corrected chi connectivity index (χ1v) is 11.2. The molecule has 0 fully saturated rings. The molecule has 2 aromatic heterocycles. The van der Waals surface area contributed by atoms with Gasteiger partial charge in [0.2, 0.25) is 5.91 Å². The number of rotatable bonds is 6. The van der Waals surface area contributed by atoms with Crippen LogP contribution in [0.1, 0.15) is 5.56 Å². The van der Waals surface area contributed by atoms with E-state index in [1.807, 2.05) is 30.3 Å². The summed E-state index contributed by atoms with van der Waals surface area (Å²) in [6.45, 7) is 0.136. The molecule has 9 heteroatoms. The number of nitrogens with one attached hydrogen (secondary N) is 1. The van der Waals surface area contributed by atoms with Crippen molar-refractivity contribution < 1.29 is 13.9 Å². The summed E-state index contributed by atoms with van der Waals surface area (Å²) in [6, 6.07) is 18.6. The standard InChI is InChI=1S/C26H20ClFN4O3/c1-35-22-10-8-18(12-20(22)27)30-23(33)14-32-21-9-7-17(28)11-19(21)24-25(32)26(34)31(15-29-24)13-16-5-3-2-4-6-16/h2-12,15H,13-14H2,1H3,(H,30,33). The lowest BCUT2D eigenvalue weighted by Crippen LogP contribution is -2.25. The third kappa shape index (κ3) is 4.36. The van der Waals surface area contributed by atoms with Crippen molar-refractivity contribution in [2.45, 2.75) is 13.1 Å². The SMILES string of the molecule is COc1ccc(NC(=O)Cn2c3ccc(F)cc3c3ncn(Cc4ccccc4)c(=O)c32)cc1Cl. The highest BCUT2D eigenvalue weighted by Crippen LogP contribution is 2.28. The molecular weight excluding hydrogens is 471 g/mol. The highest BCUT2D eigenvalue weighted by Gasteiger charge is 2.19. The number of methoxy groups -OCH3 is 1. The molecule has 0 saturated carbocycles. The van der Waals surface area contributed by atoms with Crippen LogP contribution in [0.15, 0.2) is 77.9 Å². The van der Waals surface area contributed by atoms with E-state index in [-0.39, 0.29) is 23.5 Å². The van der Waals surface area contributed by atoms with E-state index in [9.17, 15) is 14.0 Å². The minimum absolute atomic E-state index is 0.179. The Labute approximate surface area is 204 Å². The molecule has 0 atom stereocenters. The molecule has 35 heavy (non-hydrogen) atoms. The van der Waals surface area contributed by atoms with Crippen molar-refractivity contribution in [3.05, 3.63) is 99.8 Å². The maximum atomic E-state index is 14.1. The molecule has 1 N–H and O–H groups in total. The maximum Gasteiger partial charge on any atom is 0.278 e. The van der Waals surface area contributed by atoms with Gasteiger partial charge >= 0.3 is 0 Å². The topological polar surface area (TPSA) is 78.2 Å². The van der Waals surface area contributed by atoms with Gasteiger partial charge in [-0.15, -0.1) is 0 Å². The average molecular weight is 491 g/mol. The monoisotopic (exact) mass is 490 g/mol. The van der Waals surface area contributed by atoms with Crippen LogP contribution in [0, 0.1) is 5.82 Å². The second-order valence-electron chi connectivity index (χ2n) is 8.01. The van der Waals surface area contributed by atoms with Crippen LogP contribution >= 0.6 is 11.6 Å². The van der Waals surface area contributed by atoms with Crippen LogP contribution in [-0.4, -0.2) is 27.1 Å². The first kappa shape index (κ1) is 22.6. The number of halogens is 2. The lowest BCUT2D eigenvalue weighted by atomic mass is 10.2. The number of ether oxygens (including phenoxy) is 1. The largest absolute Gasteiger partial charge is 0.495 e. The highest BCUT2D eigenvalue weighted by atomic mass is 35.5. The molecule has 0 aliphatic heterocycles. The lowest BCUT2D eigenvalue weighted by Gasteiger charge is -2.11. The fourth-order valence-corrected chi connectivity index (χ4v) is 4.38. The Hall–Kier alpha value is -4.17. The van der Waals surface area contributed by atoms with E-state index in [2.05, 4.69) is 10.3 Å². The molecule has 1 amide bonds. The Kier molecular flexibility index (Phi) is 5.96. The second-order valence-corrected chi connectivity index (χ2v) is 8.41. The van der Waals surface area contributed by atoms with Crippen LogP contribution in [0.3, 0.4) is 0 Å². The first-order valence-electron chi connectivity index (χ1n) is 10.8. The summed E-state index contributed by atoms with van der Waals surface area (Å²) in [5, 5.41) is 3.60. The molecule has 0 unspecified atom stereocenters. The number of fused-ring (bicyclic) bond motifs is 3. The molecule has 0 aliphatic carbocycles. The van der Waals surface area contributed by atoms with Crippen molar-refractivity contribution in [2.24, 2.45) is 0 Å². The summed E-state index contributed by atoms with van der Waals surface area (Å²) in [5.74, 6) is -0.351. The summed E-state index contributed by atoms with van der Waals surface area (Å²) in [5.41, 5.74) is 2.19.